The summed E-state index contributed by atoms with van der Waals surface area (Å²) in [5.74, 6) is -1.30. The second kappa shape index (κ2) is 7.15. The van der Waals surface area contributed by atoms with E-state index in [0.717, 1.165) is 10.6 Å². The summed E-state index contributed by atoms with van der Waals surface area (Å²) >= 11 is 13.5. The molecule has 3 unspecified atom stereocenters. The van der Waals surface area contributed by atoms with Gasteiger partial charge in [-0.1, -0.05) is 29.3 Å². The molecule has 3 heterocycles. The third-order valence-corrected chi connectivity index (χ3v) is 6.56. The van der Waals surface area contributed by atoms with Crippen LogP contribution in [0.15, 0.2) is 66.0 Å². The Morgan fingerprint density at radius 3 is 2.03 bits per heavy atom. The monoisotopic (exact) mass is 444 g/mol. The smallest absolute Gasteiger partial charge is 0.266 e. The van der Waals surface area contributed by atoms with Gasteiger partial charge in [-0.05, 0) is 60.0 Å². The molecular formula is C21H14Cl2N2O3S. The van der Waals surface area contributed by atoms with Gasteiger partial charge < -0.3 is 0 Å². The molecule has 0 spiro atoms. The minimum Gasteiger partial charge on any atom is -0.273 e. The number of imide groups is 1. The Morgan fingerprint density at radius 1 is 0.828 bits per heavy atom. The van der Waals surface area contributed by atoms with E-state index in [2.05, 4.69) is 0 Å². The fourth-order valence-electron chi connectivity index (χ4n) is 3.82. The fourth-order valence-corrected chi connectivity index (χ4v) is 4.92. The number of hydroxylamine groups is 1. The first-order valence-corrected chi connectivity index (χ1v) is 10.6. The summed E-state index contributed by atoms with van der Waals surface area (Å²) in [6.45, 7) is 0. The Labute approximate surface area is 181 Å². The number of rotatable bonds is 3. The van der Waals surface area contributed by atoms with Crippen molar-refractivity contribution in [3.63, 3.8) is 0 Å². The number of nitrogens with zero attached hydrogens (tertiary/aromatic N) is 2. The van der Waals surface area contributed by atoms with Crippen LogP contribution in [0.5, 0.6) is 0 Å². The number of halogens is 2. The summed E-state index contributed by atoms with van der Waals surface area (Å²) in [6, 6.07) is 17.2. The molecule has 2 amide bonds. The maximum Gasteiger partial charge on any atom is 0.266 e. The van der Waals surface area contributed by atoms with Gasteiger partial charge in [-0.3, -0.25) is 14.4 Å². The Kier molecular flexibility index (Phi) is 4.59. The van der Waals surface area contributed by atoms with Gasteiger partial charge in [0.1, 0.15) is 12.0 Å². The van der Waals surface area contributed by atoms with Crippen LogP contribution < -0.4 is 9.96 Å². The molecule has 3 aromatic rings. The van der Waals surface area contributed by atoms with Crippen LogP contribution in [0.25, 0.3) is 0 Å². The van der Waals surface area contributed by atoms with Crippen LogP contribution in [-0.2, 0) is 14.4 Å². The highest BCUT2D eigenvalue weighted by Crippen LogP contribution is 2.48. The minimum absolute atomic E-state index is 0.280. The van der Waals surface area contributed by atoms with Crippen molar-refractivity contribution in [2.24, 2.45) is 5.92 Å². The summed E-state index contributed by atoms with van der Waals surface area (Å²) in [5, 5.41) is 4.74. The number of carbonyl (C=O) groups is 2. The summed E-state index contributed by atoms with van der Waals surface area (Å²) in [7, 11) is 0. The van der Waals surface area contributed by atoms with Crippen LogP contribution in [0.3, 0.4) is 0 Å². The van der Waals surface area contributed by atoms with Crippen molar-refractivity contribution >= 4 is 57.7 Å². The maximum atomic E-state index is 13.4. The number of carbonyl (C=O) groups excluding carboxylic acids is 2. The van der Waals surface area contributed by atoms with E-state index >= 15 is 0 Å². The first kappa shape index (κ1) is 18.6. The molecule has 3 atom stereocenters. The fraction of sp³-hybridized carbons (Fsp3) is 0.143. The predicted octanol–water partition coefficient (Wildman–Crippen LogP) is 5.11. The van der Waals surface area contributed by atoms with Gasteiger partial charge in [-0.15, -0.1) is 11.3 Å². The molecular weight excluding hydrogens is 431 g/mol. The molecule has 146 valence electrons. The highest BCUT2D eigenvalue weighted by molar-refractivity contribution is 7.10. The number of anilines is 2. The van der Waals surface area contributed by atoms with Crippen LogP contribution >= 0.6 is 34.5 Å². The van der Waals surface area contributed by atoms with Crippen LogP contribution in [0, 0.1) is 5.92 Å². The van der Waals surface area contributed by atoms with Crippen molar-refractivity contribution in [2.75, 3.05) is 9.96 Å². The van der Waals surface area contributed by atoms with Crippen molar-refractivity contribution in [1.29, 1.82) is 0 Å². The summed E-state index contributed by atoms with van der Waals surface area (Å²) in [4.78, 5) is 34.7. The molecule has 8 heteroatoms. The molecule has 2 aliphatic rings. The second-order valence-corrected chi connectivity index (χ2v) is 8.65. The predicted molar refractivity (Wildman–Crippen MR) is 113 cm³/mol. The zero-order chi connectivity index (χ0) is 20.1. The van der Waals surface area contributed by atoms with E-state index < -0.39 is 18.1 Å². The van der Waals surface area contributed by atoms with Gasteiger partial charge in [0.05, 0.1) is 11.4 Å². The molecule has 2 aliphatic heterocycles. The lowest BCUT2D eigenvalue weighted by atomic mass is 9.95. The SMILES string of the molecule is O=C1C2ON(c3ccc(Cl)cc3)C(c3cccs3)C2C(=O)N1c1ccc(Cl)cc1. The zero-order valence-corrected chi connectivity index (χ0v) is 17.2. The molecule has 5 rings (SSSR count). The normalized spacial score (nSPS) is 23.7. The van der Waals surface area contributed by atoms with E-state index in [9.17, 15) is 9.59 Å². The van der Waals surface area contributed by atoms with Gasteiger partial charge >= 0.3 is 0 Å². The van der Waals surface area contributed by atoms with Gasteiger partial charge in [-0.2, -0.15) is 0 Å². The number of fused-ring (bicyclic) bond motifs is 1. The highest BCUT2D eigenvalue weighted by Gasteiger charge is 2.60. The van der Waals surface area contributed by atoms with Gasteiger partial charge in [0.2, 0.25) is 5.91 Å². The molecule has 0 radical (unpaired) electrons. The minimum atomic E-state index is -0.888. The third-order valence-electron chi connectivity index (χ3n) is 5.12. The number of benzene rings is 2. The summed E-state index contributed by atoms with van der Waals surface area (Å²) in [6.07, 6.45) is -0.888. The zero-order valence-electron chi connectivity index (χ0n) is 14.9. The van der Waals surface area contributed by atoms with E-state index in [1.54, 1.807) is 41.5 Å². The molecule has 2 saturated heterocycles. The Bertz CT molecular complexity index is 1070. The molecule has 0 N–H and O–H groups in total. The quantitative estimate of drug-likeness (QED) is 0.526. The van der Waals surface area contributed by atoms with E-state index in [-0.39, 0.29) is 11.8 Å². The van der Waals surface area contributed by atoms with Crippen LogP contribution in [0.1, 0.15) is 10.9 Å². The van der Waals surface area contributed by atoms with Crippen LogP contribution in [0.4, 0.5) is 11.4 Å². The van der Waals surface area contributed by atoms with Gasteiger partial charge in [0, 0.05) is 14.9 Å². The molecule has 0 bridgehead atoms. The first-order valence-electron chi connectivity index (χ1n) is 8.93. The molecule has 1 aromatic heterocycles. The van der Waals surface area contributed by atoms with Crippen LogP contribution in [0.2, 0.25) is 10.0 Å². The Balaban J connectivity index is 1.56. The lowest BCUT2D eigenvalue weighted by molar-refractivity contribution is -0.126. The molecule has 0 saturated carbocycles. The van der Waals surface area contributed by atoms with Gasteiger partial charge in [0.25, 0.3) is 5.91 Å². The van der Waals surface area contributed by atoms with Gasteiger partial charge in [0.15, 0.2) is 6.10 Å². The average molecular weight is 445 g/mol. The Hall–Kier alpha value is -2.38. The van der Waals surface area contributed by atoms with Crippen molar-refractivity contribution in [3.05, 3.63) is 81.0 Å². The number of amides is 2. The lowest BCUT2D eigenvalue weighted by Crippen LogP contribution is -2.37. The van der Waals surface area contributed by atoms with Crippen LogP contribution in [-0.4, -0.2) is 17.9 Å². The largest absolute Gasteiger partial charge is 0.273 e. The van der Waals surface area contributed by atoms with Crippen molar-refractivity contribution < 1.29 is 14.4 Å². The lowest BCUT2D eigenvalue weighted by Gasteiger charge is -2.27. The average Bonchev–Trinajstić information content (AvgIpc) is 3.41. The highest BCUT2D eigenvalue weighted by atomic mass is 35.5. The van der Waals surface area contributed by atoms with E-state index in [0.29, 0.717) is 15.7 Å². The summed E-state index contributed by atoms with van der Waals surface area (Å²) in [5.41, 5.74) is 1.23. The first-order chi connectivity index (χ1) is 14.0. The topological polar surface area (TPSA) is 49.9 Å². The van der Waals surface area contributed by atoms with Crippen molar-refractivity contribution in [1.82, 2.24) is 0 Å². The van der Waals surface area contributed by atoms with E-state index in [4.69, 9.17) is 28.0 Å². The second-order valence-electron chi connectivity index (χ2n) is 6.80. The number of hydrogen-bond donors (Lipinski definition) is 0. The molecule has 0 aliphatic carbocycles. The molecule has 5 nitrogen and oxygen atoms in total. The Morgan fingerprint density at radius 2 is 1.45 bits per heavy atom. The van der Waals surface area contributed by atoms with E-state index in [1.807, 2.05) is 29.6 Å². The van der Waals surface area contributed by atoms with Gasteiger partial charge in [-0.25, -0.2) is 9.96 Å². The molecule has 29 heavy (non-hydrogen) atoms. The maximum absolute atomic E-state index is 13.4. The number of thiophene rings is 1. The van der Waals surface area contributed by atoms with Crippen molar-refractivity contribution in [3.8, 4) is 0 Å². The summed E-state index contributed by atoms with van der Waals surface area (Å²) < 4.78 is 0. The standard InChI is InChI=1S/C21H14Cl2N2O3S/c22-12-3-7-14(8-4-12)24-20(26)17-18(16-2-1-11-29-16)25(28-19(17)21(24)27)15-9-5-13(23)6-10-15/h1-11,17-19H. The number of hydrogen-bond acceptors (Lipinski definition) is 5. The van der Waals surface area contributed by atoms with E-state index in [1.165, 1.54) is 16.2 Å². The third kappa shape index (κ3) is 3.04. The molecule has 2 fully saturated rings. The van der Waals surface area contributed by atoms with Crippen molar-refractivity contribution in [2.45, 2.75) is 12.1 Å². The molecule has 2 aromatic carbocycles.